The van der Waals surface area contributed by atoms with E-state index in [9.17, 15) is 8.42 Å². The van der Waals surface area contributed by atoms with E-state index in [1.165, 1.54) is 17.0 Å². The predicted molar refractivity (Wildman–Crippen MR) is 100 cm³/mol. The summed E-state index contributed by atoms with van der Waals surface area (Å²) in [6.45, 7) is 6.72. The molecule has 1 saturated heterocycles. The van der Waals surface area contributed by atoms with Gasteiger partial charge in [0.05, 0.1) is 15.6 Å². The fourth-order valence-corrected chi connectivity index (χ4v) is 6.86. The van der Waals surface area contributed by atoms with Crippen LogP contribution < -0.4 is 10.2 Å². The summed E-state index contributed by atoms with van der Waals surface area (Å²) in [6, 6.07) is 6.21. The largest absolute Gasteiger partial charge is 0.368 e. The number of aromatic nitrogens is 1. The lowest BCUT2D eigenvalue weighted by Crippen LogP contribution is -2.42. The van der Waals surface area contributed by atoms with Crippen molar-refractivity contribution in [2.45, 2.75) is 48.3 Å². The number of benzene rings is 1. The topological polar surface area (TPSA) is 62.3 Å². The van der Waals surface area contributed by atoms with Gasteiger partial charge in [-0.25, -0.2) is 13.4 Å². The van der Waals surface area contributed by atoms with Crippen molar-refractivity contribution >= 4 is 26.9 Å². The Kier molecular flexibility index (Phi) is 4.33. The smallest absolute Gasteiger partial charge is 0.217 e. The lowest BCUT2D eigenvalue weighted by molar-refractivity contribution is 0.435. The van der Waals surface area contributed by atoms with Crippen LogP contribution in [0.4, 0.5) is 5.69 Å². The molecule has 1 aromatic heterocycles. The van der Waals surface area contributed by atoms with E-state index in [1.54, 1.807) is 13.0 Å². The maximum atomic E-state index is 13.0. The zero-order chi connectivity index (χ0) is 17.6. The third kappa shape index (κ3) is 2.98. The quantitative estimate of drug-likeness (QED) is 0.891. The Morgan fingerprint density at radius 3 is 2.68 bits per heavy atom. The molecule has 0 saturated carbocycles. The fourth-order valence-electron chi connectivity index (χ4n) is 3.94. The minimum Gasteiger partial charge on any atom is -0.368 e. The summed E-state index contributed by atoms with van der Waals surface area (Å²) < 4.78 is 26.4. The van der Waals surface area contributed by atoms with Crippen LogP contribution in [0.25, 0.3) is 0 Å². The average Bonchev–Trinajstić information content (AvgIpc) is 3.18. The Morgan fingerprint density at radius 1 is 1.24 bits per heavy atom. The SMILES string of the molecule is Cc1nc(C)c(S(=O)(=O)c2ccc3c(c2)CCN3C2CCNCC2)s1. The second-order valence-electron chi connectivity index (χ2n) is 6.82. The highest BCUT2D eigenvalue weighted by atomic mass is 32.2. The summed E-state index contributed by atoms with van der Waals surface area (Å²) in [5, 5.41) is 4.19. The lowest BCUT2D eigenvalue weighted by atomic mass is 10.0. The van der Waals surface area contributed by atoms with Crippen molar-refractivity contribution in [1.29, 1.82) is 0 Å². The fraction of sp³-hybridized carbons (Fsp3) is 0.500. The van der Waals surface area contributed by atoms with Crippen molar-refractivity contribution in [3.63, 3.8) is 0 Å². The monoisotopic (exact) mass is 377 g/mol. The number of aryl methyl sites for hydroxylation is 2. The molecule has 0 unspecified atom stereocenters. The molecule has 0 atom stereocenters. The van der Waals surface area contributed by atoms with Crippen LogP contribution in [0, 0.1) is 13.8 Å². The molecule has 0 spiro atoms. The number of hydrogen-bond acceptors (Lipinski definition) is 6. The predicted octanol–water partition coefficient (Wildman–Crippen LogP) is 2.71. The summed E-state index contributed by atoms with van der Waals surface area (Å²) in [5.74, 6) is 0. The summed E-state index contributed by atoms with van der Waals surface area (Å²) in [6.07, 6.45) is 3.22. The van der Waals surface area contributed by atoms with E-state index in [4.69, 9.17) is 0 Å². The molecule has 2 aromatic rings. The molecule has 134 valence electrons. The maximum absolute atomic E-state index is 13.0. The molecule has 7 heteroatoms. The molecule has 1 aromatic carbocycles. The third-order valence-electron chi connectivity index (χ3n) is 5.15. The molecule has 3 heterocycles. The van der Waals surface area contributed by atoms with Gasteiger partial charge < -0.3 is 10.2 Å². The molecule has 0 amide bonds. The number of nitrogens with zero attached hydrogens (tertiary/aromatic N) is 2. The number of hydrogen-bond donors (Lipinski definition) is 1. The van der Waals surface area contributed by atoms with Gasteiger partial charge in [0.2, 0.25) is 9.84 Å². The number of thiazole rings is 1. The highest BCUT2D eigenvalue weighted by Gasteiger charge is 2.30. The van der Waals surface area contributed by atoms with Gasteiger partial charge in [-0.1, -0.05) is 0 Å². The highest BCUT2D eigenvalue weighted by Crippen LogP contribution is 2.36. The van der Waals surface area contributed by atoms with Crippen molar-refractivity contribution in [1.82, 2.24) is 10.3 Å². The van der Waals surface area contributed by atoms with Crippen LogP contribution >= 0.6 is 11.3 Å². The second kappa shape index (κ2) is 6.37. The molecule has 0 radical (unpaired) electrons. The van der Waals surface area contributed by atoms with Gasteiger partial charge in [0.15, 0.2) is 0 Å². The standard InChI is InChI=1S/C18H23N3O2S2/c1-12-18(24-13(2)20-12)25(22,23)16-3-4-17-14(11-16)7-10-21(17)15-5-8-19-9-6-15/h3-4,11,15,19H,5-10H2,1-2H3. The maximum Gasteiger partial charge on any atom is 0.217 e. The number of nitrogens with one attached hydrogen (secondary N) is 1. The Bertz CT molecular complexity index is 899. The number of anilines is 1. The first-order valence-corrected chi connectivity index (χ1v) is 11.1. The third-order valence-corrected chi connectivity index (χ3v) is 8.58. The molecule has 1 N–H and O–H groups in total. The van der Waals surface area contributed by atoms with Gasteiger partial charge in [0.1, 0.15) is 4.21 Å². The van der Waals surface area contributed by atoms with E-state index in [1.807, 2.05) is 19.1 Å². The van der Waals surface area contributed by atoms with Gasteiger partial charge in [-0.05, 0) is 70.0 Å². The molecule has 5 nitrogen and oxygen atoms in total. The van der Waals surface area contributed by atoms with E-state index < -0.39 is 9.84 Å². The van der Waals surface area contributed by atoms with Crippen molar-refractivity contribution in [3.8, 4) is 0 Å². The van der Waals surface area contributed by atoms with Crippen molar-refractivity contribution < 1.29 is 8.42 Å². The summed E-state index contributed by atoms with van der Waals surface area (Å²) in [4.78, 5) is 7.13. The zero-order valence-electron chi connectivity index (χ0n) is 14.6. The van der Waals surface area contributed by atoms with Crippen molar-refractivity contribution in [2.24, 2.45) is 0 Å². The van der Waals surface area contributed by atoms with Gasteiger partial charge >= 0.3 is 0 Å². The Hall–Kier alpha value is -1.44. The van der Waals surface area contributed by atoms with Crippen LogP contribution in [0.1, 0.15) is 29.1 Å². The molecule has 0 aliphatic carbocycles. The normalized spacial score (nSPS) is 18.6. The Balaban J connectivity index is 1.67. The zero-order valence-corrected chi connectivity index (χ0v) is 16.2. The lowest BCUT2D eigenvalue weighted by Gasteiger charge is -2.33. The van der Waals surface area contributed by atoms with Crippen LogP contribution in [0.2, 0.25) is 0 Å². The minimum absolute atomic E-state index is 0.373. The van der Waals surface area contributed by atoms with E-state index in [0.29, 0.717) is 20.8 Å². The molecular formula is C18H23N3O2S2. The summed E-state index contributed by atoms with van der Waals surface area (Å²) in [7, 11) is -3.49. The first-order chi connectivity index (χ1) is 12.0. The first kappa shape index (κ1) is 17.0. The van der Waals surface area contributed by atoms with Crippen LogP contribution in [0.15, 0.2) is 27.3 Å². The minimum atomic E-state index is -3.49. The van der Waals surface area contributed by atoms with Gasteiger partial charge in [-0.2, -0.15) is 0 Å². The second-order valence-corrected chi connectivity index (χ2v) is 10.2. The van der Waals surface area contributed by atoms with Crippen molar-refractivity contribution in [3.05, 3.63) is 34.5 Å². The summed E-state index contributed by atoms with van der Waals surface area (Å²) >= 11 is 1.26. The molecular weight excluding hydrogens is 354 g/mol. The molecule has 1 fully saturated rings. The van der Waals surface area contributed by atoms with Crippen LogP contribution in [-0.2, 0) is 16.3 Å². The number of sulfone groups is 1. The van der Waals surface area contributed by atoms with Crippen LogP contribution in [0.3, 0.4) is 0 Å². The number of fused-ring (bicyclic) bond motifs is 1. The van der Waals surface area contributed by atoms with Crippen molar-refractivity contribution in [2.75, 3.05) is 24.5 Å². The van der Waals surface area contributed by atoms with E-state index in [2.05, 4.69) is 15.2 Å². The first-order valence-electron chi connectivity index (χ1n) is 8.76. The molecule has 4 rings (SSSR count). The van der Waals surface area contributed by atoms with Gasteiger partial charge in [0, 0.05) is 18.3 Å². The Labute approximate surface area is 153 Å². The van der Waals surface area contributed by atoms with E-state index in [-0.39, 0.29) is 0 Å². The van der Waals surface area contributed by atoms with Crippen LogP contribution in [0.5, 0.6) is 0 Å². The molecule has 2 aliphatic rings. The van der Waals surface area contributed by atoms with E-state index >= 15 is 0 Å². The summed E-state index contributed by atoms with van der Waals surface area (Å²) in [5.41, 5.74) is 2.96. The number of rotatable bonds is 3. The molecule has 25 heavy (non-hydrogen) atoms. The average molecular weight is 378 g/mol. The highest BCUT2D eigenvalue weighted by molar-refractivity contribution is 7.93. The van der Waals surface area contributed by atoms with Crippen LogP contribution in [-0.4, -0.2) is 39.1 Å². The van der Waals surface area contributed by atoms with Gasteiger partial charge in [-0.15, -0.1) is 11.3 Å². The molecule has 0 bridgehead atoms. The number of piperidine rings is 1. The molecule has 2 aliphatic heterocycles. The Morgan fingerprint density at radius 2 is 2.00 bits per heavy atom. The van der Waals surface area contributed by atoms with Gasteiger partial charge in [-0.3, -0.25) is 0 Å². The van der Waals surface area contributed by atoms with Gasteiger partial charge in [0.25, 0.3) is 0 Å². The van der Waals surface area contributed by atoms with E-state index in [0.717, 1.165) is 49.5 Å².